The summed E-state index contributed by atoms with van der Waals surface area (Å²) in [4.78, 5) is 4.24. The van der Waals surface area contributed by atoms with E-state index >= 15 is 0 Å². The SMILES string of the molecule is N#Cc1ccc2ncn(CC3CC4(CCC3(F)F)OCCO4)c2c1. The number of alkyl halides is 2. The lowest BCUT2D eigenvalue weighted by Crippen LogP contribution is -2.47. The maximum Gasteiger partial charge on any atom is 0.253 e. The van der Waals surface area contributed by atoms with Gasteiger partial charge < -0.3 is 14.0 Å². The average Bonchev–Trinajstić information content (AvgIpc) is 3.19. The normalized spacial score (nSPS) is 25.1. The molecular formula is C17H17F2N3O2. The van der Waals surface area contributed by atoms with Crippen molar-refractivity contribution in [1.29, 1.82) is 5.26 Å². The Labute approximate surface area is 137 Å². The Morgan fingerprint density at radius 3 is 2.83 bits per heavy atom. The highest BCUT2D eigenvalue weighted by molar-refractivity contribution is 5.76. The Bertz CT molecular complexity index is 806. The molecule has 1 saturated heterocycles. The summed E-state index contributed by atoms with van der Waals surface area (Å²) in [6.07, 6.45) is 1.70. The first kappa shape index (κ1) is 15.5. The Hall–Kier alpha value is -2.04. The molecule has 1 aliphatic heterocycles. The van der Waals surface area contributed by atoms with Crippen molar-refractivity contribution in [3.8, 4) is 6.07 Å². The van der Waals surface area contributed by atoms with Crippen LogP contribution in [0.25, 0.3) is 11.0 Å². The van der Waals surface area contributed by atoms with Crippen LogP contribution in [0.5, 0.6) is 0 Å². The van der Waals surface area contributed by atoms with E-state index in [9.17, 15) is 8.78 Å². The molecule has 2 aliphatic rings. The fraction of sp³-hybridized carbons (Fsp3) is 0.529. The second kappa shape index (κ2) is 5.50. The Morgan fingerprint density at radius 2 is 2.08 bits per heavy atom. The van der Waals surface area contributed by atoms with E-state index in [1.807, 2.05) is 0 Å². The van der Waals surface area contributed by atoms with Gasteiger partial charge in [0.2, 0.25) is 0 Å². The third-order valence-corrected chi connectivity index (χ3v) is 4.97. The average molecular weight is 333 g/mol. The molecule has 1 unspecified atom stereocenters. The minimum atomic E-state index is -2.77. The summed E-state index contributed by atoms with van der Waals surface area (Å²) in [6.45, 7) is 1.03. The molecule has 4 rings (SSSR count). The molecule has 24 heavy (non-hydrogen) atoms. The highest BCUT2D eigenvalue weighted by atomic mass is 19.3. The van der Waals surface area contributed by atoms with Gasteiger partial charge >= 0.3 is 0 Å². The van der Waals surface area contributed by atoms with E-state index < -0.39 is 17.6 Å². The van der Waals surface area contributed by atoms with E-state index in [1.165, 1.54) is 0 Å². The molecule has 1 saturated carbocycles. The van der Waals surface area contributed by atoms with Gasteiger partial charge in [0.25, 0.3) is 5.92 Å². The van der Waals surface area contributed by atoms with Crippen LogP contribution in [0.4, 0.5) is 8.78 Å². The molecule has 1 aromatic heterocycles. The lowest BCUT2D eigenvalue weighted by atomic mass is 9.81. The smallest absolute Gasteiger partial charge is 0.253 e. The number of ether oxygens (including phenoxy) is 2. The maximum absolute atomic E-state index is 14.4. The van der Waals surface area contributed by atoms with Gasteiger partial charge in [0.1, 0.15) is 0 Å². The topological polar surface area (TPSA) is 60.1 Å². The summed E-state index contributed by atoms with van der Waals surface area (Å²) in [5.74, 6) is -4.53. The van der Waals surface area contributed by atoms with Crippen LogP contribution in [-0.4, -0.2) is 34.5 Å². The van der Waals surface area contributed by atoms with Gasteiger partial charge in [-0.15, -0.1) is 0 Å². The van der Waals surface area contributed by atoms with E-state index in [0.717, 1.165) is 0 Å². The van der Waals surface area contributed by atoms with Crippen LogP contribution in [-0.2, 0) is 16.0 Å². The van der Waals surface area contributed by atoms with E-state index in [0.29, 0.717) is 29.8 Å². The minimum absolute atomic E-state index is 0.118. The third-order valence-electron chi connectivity index (χ3n) is 4.97. The van der Waals surface area contributed by atoms with Gasteiger partial charge in [-0.1, -0.05) is 0 Å². The number of rotatable bonds is 2. The standard InChI is InChI=1S/C17H17F2N3O2/c18-17(19)4-3-16(23-5-6-24-16)8-13(17)10-22-11-21-14-2-1-12(9-20)7-15(14)22/h1-2,7,11,13H,3-6,8,10H2. The molecule has 1 atom stereocenters. The summed E-state index contributed by atoms with van der Waals surface area (Å²) in [7, 11) is 0. The number of hydrogen-bond acceptors (Lipinski definition) is 4. The number of benzene rings is 1. The first-order valence-corrected chi connectivity index (χ1v) is 8.02. The first-order valence-electron chi connectivity index (χ1n) is 8.02. The predicted octanol–water partition coefficient (Wildman–Crippen LogP) is 3.09. The summed E-state index contributed by atoms with van der Waals surface area (Å²) in [5.41, 5.74) is 1.87. The largest absolute Gasteiger partial charge is 0.348 e. The molecule has 1 spiro atoms. The fourth-order valence-corrected chi connectivity index (χ4v) is 3.65. The van der Waals surface area contributed by atoms with Gasteiger partial charge in [-0.05, 0) is 18.2 Å². The van der Waals surface area contributed by atoms with E-state index in [1.54, 1.807) is 29.1 Å². The van der Waals surface area contributed by atoms with Crippen LogP contribution in [0.1, 0.15) is 24.8 Å². The van der Waals surface area contributed by atoms with Crippen molar-refractivity contribution in [2.75, 3.05) is 13.2 Å². The number of aromatic nitrogens is 2. The van der Waals surface area contributed by atoms with Crippen molar-refractivity contribution in [1.82, 2.24) is 9.55 Å². The predicted molar refractivity (Wildman–Crippen MR) is 81.4 cm³/mol. The summed E-state index contributed by atoms with van der Waals surface area (Å²) in [6, 6.07) is 7.15. The van der Waals surface area contributed by atoms with Crippen LogP contribution in [0.2, 0.25) is 0 Å². The zero-order valence-corrected chi connectivity index (χ0v) is 13.0. The second-order valence-electron chi connectivity index (χ2n) is 6.48. The molecule has 5 nitrogen and oxygen atoms in total. The highest BCUT2D eigenvalue weighted by Crippen LogP contribution is 2.47. The Morgan fingerprint density at radius 1 is 1.29 bits per heavy atom. The van der Waals surface area contributed by atoms with Crippen molar-refractivity contribution < 1.29 is 18.3 Å². The summed E-state index contributed by atoms with van der Waals surface area (Å²) >= 11 is 0. The van der Waals surface area contributed by atoms with Gasteiger partial charge in [-0.3, -0.25) is 0 Å². The molecule has 7 heteroatoms. The van der Waals surface area contributed by atoms with Crippen LogP contribution >= 0.6 is 0 Å². The van der Waals surface area contributed by atoms with E-state index in [2.05, 4.69) is 11.1 Å². The van der Waals surface area contributed by atoms with Crippen LogP contribution < -0.4 is 0 Å². The number of nitriles is 1. The lowest BCUT2D eigenvalue weighted by Gasteiger charge is -2.41. The second-order valence-corrected chi connectivity index (χ2v) is 6.48. The van der Waals surface area contributed by atoms with Crippen molar-refractivity contribution in [3.05, 3.63) is 30.1 Å². The molecule has 1 aromatic carbocycles. The third kappa shape index (κ3) is 2.56. The van der Waals surface area contributed by atoms with Crippen molar-refractivity contribution in [2.45, 2.75) is 37.5 Å². The monoisotopic (exact) mass is 333 g/mol. The Kier molecular flexibility index (Phi) is 3.55. The maximum atomic E-state index is 14.4. The molecule has 1 aliphatic carbocycles. The molecule has 2 heterocycles. The molecular weight excluding hydrogens is 316 g/mol. The number of imidazole rings is 1. The van der Waals surface area contributed by atoms with Crippen LogP contribution in [0.15, 0.2) is 24.5 Å². The number of hydrogen-bond donors (Lipinski definition) is 0. The zero-order chi connectivity index (χ0) is 16.8. The van der Waals surface area contributed by atoms with Crippen molar-refractivity contribution >= 4 is 11.0 Å². The number of halogens is 2. The number of fused-ring (bicyclic) bond motifs is 1. The highest BCUT2D eigenvalue weighted by Gasteiger charge is 2.53. The van der Waals surface area contributed by atoms with Crippen LogP contribution in [0, 0.1) is 17.2 Å². The lowest BCUT2D eigenvalue weighted by molar-refractivity contribution is -0.234. The molecule has 0 N–H and O–H groups in total. The minimum Gasteiger partial charge on any atom is -0.348 e. The van der Waals surface area contributed by atoms with Gasteiger partial charge in [-0.2, -0.15) is 5.26 Å². The van der Waals surface area contributed by atoms with Gasteiger partial charge in [0.05, 0.1) is 42.2 Å². The summed E-state index contributed by atoms with van der Waals surface area (Å²) < 4.78 is 41.8. The van der Waals surface area contributed by atoms with E-state index in [4.69, 9.17) is 14.7 Å². The first-order chi connectivity index (χ1) is 11.5. The quantitative estimate of drug-likeness (QED) is 0.847. The zero-order valence-electron chi connectivity index (χ0n) is 13.0. The Balaban J connectivity index is 1.64. The van der Waals surface area contributed by atoms with Gasteiger partial charge in [0, 0.05) is 31.7 Å². The van der Waals surface area contributed by atoms with Gasteiger partial charge in [-0.25, -0.2) is 13.8 Å². The molecule has 126 valence electrons. The fourth-order valence-electron chi connectivity index (χ4n) is 3.65. The molecule has 0 radical (unpaired) electrons. The summed E-state index contributed by atoms with van der Waals surface area (Å²) in [5, 5.41) is 9.04. The molecule has 2 fully saturated rings. The number of nitrogens with zero attached hydrogens (tertiary/aromatic N) is 3. The van der Waals surface area contributed by atoms with Crippen LogP contribution in [0.3, 0.4) is 0 Å². The van der Waals surface area contributed by atoms with E-state index in [-0.39, 0.29) is 25.8 Å². The molecule has 0 amide bonds. The van der Waals surface area contributed by atoms with Crippen molar-refractivity contribution in [2.24, 2.45) is 5.92 Å². The molecule has 0 bridgehead atoms. The van der Waals surface area contributed by atoms with Crippen molar-refractivity contribution in [3.63, 3.8) is 0 Å². The van der Waals surface area contributed by atoms with Gasteiger partial charge in [0.15, 0.2) is 5.79 Å². The molecule has 2 aromatic rings.